The van der Waals surface area contributed by atoms with Crippen LogP contribution in [0.1, 0.15) is 12.5 Å². The third-order valence-electron chi connectivity index (χ3n) is 2.32. The Balaban J connectivity index is 2.70. The topological polar surface area (TPSA) is 28.8 Å². The molecule has 0 aliphatic rings. The first-order chi connectivity index (χ1) is 6.18. The molecule has 0 atom stereocenters. The second-order valence-corrected chi connectivity index (χ2v) is 3.33. The lowest BCUT2D eigenvalue weighted by Gasteiger charge is -1.99. The summed E-state index contributed by atoms with van der Waals surface area (Å²) in [5.74, 6) is 0. The predicted octanol–water partition coefficient (Wildman–Crippen LogP) is 2.57. The van der Waals surface area contributed by atoms with Crippen molar-refractivity contribution in [1.29, 1.82) is 5.41 Å². The number of aryl methyl sites for hydroxylation is 1. The Bertz CT molecular complexity index is 466. The summed E-state index contributed by atoms with van der Waals surface area (Å²) >= 11 is 0. The molecule has 1 aromatic heterocycles. The van der Waals surface area contributed by atoms with Gasteiger partial charge in [0.25, 0.3) is 0 Å². The van der Waals surface area contributed by atoms with Crippen molar-refractivity contribution in [2.75, 3.05) is 0 Å². The van der Waals surface area contributed by atoms with E-state index in [9.17, 15) is 0 Å². The van der Waals surface area contributed by atoms with E-state index in [1.807, 2.05) is 26.2 Å². The summed E-state index contributed by atoms with van der Waals surface area (Å²) in [6.07, 6.45) is 2.04. The SMILES string of the molecule is CC(=N)c1ccc2c(ccn2C)c1. The fourth-order valence-corrected chi connectivity index (χ4v) is 1.51. The monoisotopic (exact) mass is 172 g/mol. The molecule has 0 bridgehead atoms. The van der Waals surface area contributed by atoms with Gasteiger partial charge in [-0.25, -0.2) is 0 Å². The number of aromatic nitrogens is 1. The molecule has 0 spiro atoms. The van der Waals surface area contributed by atoms with E-state index in [1.165, 1.54) is 10.9 Å². The van der Waals surface area contributed by atoms with E-state index in [-0.39, 0.29) is 0 Å². The number of nitrogens with zero attached hydrogens (tertiary/aromatic N) is 1. The van der Waals surface area contributed by atoms with Gasteiger partial charge in [0.1, 0.15) is 0 Å². The van der Waals surface area contributed by atoms with Crippen LogP contribution in [0.15, 0.2) is 30.5 Å². The molecule has 1 aromatic carbocycles. The molecule has 2 aromatic rings. The molecule has 1 heterocycles. The molecule has 2 rings (SSSR count). The molecular formula is C11H12N2. The van der Waals surface area contributed by atoms with Crippen LogP contribution in [0.3, 0.4) is 0 Å². The Morgan fingerprint density at radius 2 is 2.08 bits per heavy atom. The van der Waals surface area contributed by atoms with E-state index >= 15 is 0 Å². The molecule has 0 aliphatic carbocycles. The molecule has 0 amide bonds. The van der Waals surface area contributed by atoms with Gasteiger partial charge in [-0.05, 0) is 30.7 Å². The zero-order chi connectivity index (χ0) is 9.42. The van der Waals surface area contributed by atoms with Crippen molar-refractivity contribution in [3.63, 3.8) is 0 Å². The van der Waals surface area contributed by atoms with Crippen LogP contribution in [0.25, 0.3) is 10.9 Å². The number of nitrogens with one attached hydrogen (secondary N) is 1. The molecule has 2 heteroatoms. The normalized spacial score (nSPS) is 10.6. The highest BCUT2D eigenvalue weighted by Gasteiger charge is 2.00. The van der Waals surface area contributed by atoms with Gasteiger partial charge in [0.2, 0.25) is 0 Å². The quantitative estimate of drug-likeness (QED) is 0.640. The van der Waals surface area contributed by atoms with E-state index in [4.69, 9.17) is 5.41 Å². The molecular weight excluding hydrogens is 160 g/mol. The molecule has 0 unspecified atom stereocenters. The molecule has 1 N–H and O–H groups in total. The predicted molar refractivity (Wildman–Crippen MR) is 55.4 cm³/mol. The lowest BCUT2D eigenvalue weighted by molar-refractivity contribution is 0.969. The maximum absolute atomic E-state index is 7.51. The van der Waals surface area contributed by atoms with Gasteiger partial charge in [-0.2, -0.15) is 0 Å². The van der Waals surface area contributed by atoms with Gasteiger partial charge in [0, 0.05) is 29.9 Å². The van der Waals surface area contributed by atoms with Gasteiger partial charge >= 0.3 is 0 Å². The molecule has 2 nitrogen and oxygen atoms in total. The first-order valence-corrected chi connectivity index (χ1v) is 4.29. The summed E-state index contributed by atoms with van der Waals surface area (Å²) in [6, 6.07) is 8.17. The third kappa shape index (κ3) is 1.24. The van der Waals surface area contributed by atoms with Gasteiger partial charge in [-0.1, -0.05) is 6.07 Å². The first-order valence-electron chi connectivity index (χ1n) is 4.29. The van der Waals surface area contributed by atoms with Gasteiger partial charge in [0.15, 0.2) is 0 Å². The Kier molecular flexibility index (Phi) is 1.69. The summed E-state index contributed by atoms with van der Waals surface area (Å²) in [6.45, 7) is 1.81. The minimum atomic E-state index is 0.616. The van der Waals surface area contributed by atoms with Crippen LogP contribution < -0.4 is 0 Å². The second-order valence-electron chi connectivity index (χ2n) is 3.33. The molecule has 66 valence electrons. The summed E-state index contributed by atoms with van der Waals surface area (Å²) in [4.78, 5) is 0. The third-order valence-corrected chi connectivity index (χ3v) is 2.32. The number of rotatable bonds is 1. The number of hydrogen-bond donors (Lipinski definition) is 1. The first kappa shape index (κ1) is 8.05. The highest BCUT2D eigenvalue weighted by atomic mass is 14.9. The van der Waals surface area contributed by atoms with E-state index in [2.05, 4.69) is 22.8 Å². The Morgan fingerprint density at radius 1 is 1.31 bits per heavy atom. The van der Waals surface area contributed by atoms with E-state index in [1.54, 1.807) is 0 Å². The number of hydrogen-bond acceptors (Lipinski definition) is 1. The summed E-state index contributed by atoms with van der Waals surface area (Å²) in [5, 5.41) is 8.71. The maximum atomic E-state index is 7.51. The lowest BCUT2D eigenvalue weighted by atomic mass is 10.1. The van der Waals surface area contributed by atoms with Gasteiger partial charge in [-0.3, -0.25) is 0 Å². The highest BCUT2D eigenvalue weighted by molar-refractivity contribution is 5.99. The smallest absolute Gasteiger partial charge is 0.0478 e. The Labute approximate surface area is 77.3 Å². The van der Waals surface area contributed by atoms with Crippen molar-refractivity contribution in [2.45, 2.75) is 6.92 Å². The van der Waals surface area contributed by atoms with Gasteiger partial charge in [-0.15, -0.1) is 0 Å². The highest BCUT2D eigenvalue weighted by Crippen LogP contribution is 2.16. The Morgan fingerprint density at radius 3 is 2.77 bits per heavy atom. The minimum Gasteiger partial charge on any atom is -0.351 e. The van der Waals surface area contributed by atoms with Crippen molar-refractivity contribution >= 4 is 16.6 Å². The second kappa shape index (κ2) is 2.73. The van der Waals surface area contributed by atoms with Crippen molar-refractivity contribution in [2.24, 2.45) is 7.05 Å². The van der Waals surface area contributed by atoms with Crippen LogP contribution in [-0.2, 0) is 7.05 Å². The molecule has 0 fully saturated rings. The number of benzene rings is 1. The van der Waals surface area contributed by atoms with Crippen molar-refractivity contribution in [1.82, 2.24) is 4.57 Å². The van der Waals surface area contributed by atoms with E-state index in [0.29, 0.717) is 5.71 Å². The maximum Gasteiger partial charge on any atom is 0.0478 e. The summed E-state index contributed by atoms with van der Waals surface area (Å²) < 4.78 is 2.08. The van der Waals surface area contributed by atoms with Crippen LogP contribution >= 0.6 is 0 Å². The number of fused-ring (bicyclic) bond motifs is 1. The zero-order valence-corrected chi connectivity index (χ0v) is 7.83. The van der Waals surface area contributed by atoms with Gasteiger partial charge < -0.3 is 9.98 Å². The molecule has 0 saturated carbocycles. The van der Waals surface area contributed by atoms with Crippen LogP contribution in [0.5, 0.6) is 0 Å². The molecule has 0 aliphatic heterocycles. The molecule has 0 saturated heterocycles. The standard InChI is InChI=1S/C11H12N2/c1-8(12)9-3-4-11-10(7-9)5-6-13(11)2/h3-7,12H,1-2H3. The lowest BCUT2D eigenvalue weighted by Crippen LogP contribution is -1.91. The van der Waals surface area contributed by atoms with Crippen LogP contribution in [0.2, 0.25) is 0 Å². The van der Waals surface area contributed by atoms with Crippen molar-refractivity contribution < 1.29 is 0 Å². The average molecular weight is 172 g/mol. The molecule has 13 heavy (non-hydrogen) atoms. The van der Waals surface area contributed by atoms with Crippen LogP contribution in [-0.4, -0.2) is 10.3 Å². The molecule has 0 radical (unpaired) electrons. The van der Waals surface area contributed by atoms with Crippen LogP contribution in [0.4, 0.5) is 0 Å². The minimum absolute atomic E-state index is 0.616. The van der Waals surface area contributed by atoms with Crippen LogP contribution in [0, 0.1) is 5.41 Å². The fourth-order valence-electron chi connectivity index (χ4n) is 1.51. The Hall–Kier alpha value is -1.57. The fraction of sp³-hybridized carbons (Fsp3) is 0.182. The summed E-state index contributed by atoms with van der Waals surface area (Å²) in [5.41, 5.74) is 2.83. The zero-order valence-electron chi connectivity index (χ0n) is 7.83. The summed E-state index contributed by atoms with van der Waals surface area (Å²) in [7, 11) is 2.03. The van der Waals surface area contributed by atoms with E-state index in [0.717, 1.165) is 5.56 Å². The van der Waals surface area contributed by atoms with E-state index < -0.39 is 0 Å². The largest absolute Gasteiger partial charge is 0.351 e. The van der Waals surface area contributed by atoms with Crippen molar-refractivity contribution in [3.8, 4) is 0 Å². The average Bonchev–Trinajstić information content (AvgIpc) is 2.47. The van der Waals surface area contributed by atoms with Gasteiger partial charge in [0.05, 0.1) is 0 Å². The van der Waals surface area contributed by atoms with Crippen molar-refractivity contribution in [3.05, 3.63) is 36.0 Å².